The van der Waals surface area contributed by atoms with Crippen LogP contribution in [0.3, 0.4) is 0 Å². The topological polar surface area (TPSA) is 139 Å². The number of allylic oxidation sites excluding steroid dienone is 1. The third-order valence-electron chi connectivity index (χ3n) is 13.3. The zero-order chi connectivity index (χ0) is 43.8. The van der Waals surface area contributed by atoms with Crippen LogP contribution in [0, 0.1) is 24.1 Å². The minimum Gasteiger partial charge on any atom is -0.369 e. The number of aliphatic imine (C=N–C) groups is 1. The lowest BCUT2D eigenvalue weighted by atomic mass is 9.87. The number of urea groups is 1. The molecule has 0 saturated carbocycles. The summed E-state index contributed by atoms with van der Waals surface area (Å²) in [5.74, 6) is 0.381. The fourth-order valence-corrected chi connectivity index (χ4v) is 9.51. The number of hydrogen-bond donors (Lipinski definition) is 3. The second-order valence-electron chi connectivity index (χ2n) is 18.6. The number of halogens is 1. The molecule has 0 bridgehead atoms. The van der Waals surface area contributed by atoms with Crippen molar-refractivity contribution in [1.29, 1.82) is 0 Å². The summed E-state index contributed by atoms with van der Waals surface area (Å²) >= 11 is 0. The molecule has 2 aromatic heterocycles. The van der Waals surface area contributed by atoms with Gasteiger partial charge in [-0.15, -0.1) is 0 Å². The molecular weight excluding hydrogens is 794 g/mol. The lowest BCUT2D eigenvalue weighted by molar-refractivity contribution is -0.120. The first-order valence-electron chi connectivity index (χ1n) is 22.3. The van der Waals surface area contributed by atoms with E-state index in [9.17, 15) is 14.4 Å². The molecule has 6 heterocycles. The maximum atomic E-state index is 15.3. The number of nitrogens with one attached hydrogen (secondary N) is 3. The van der Waals surface area contributed by atoms with Crippen LogP contribution in [-0.2, 0) is 16.1 Å². The smallest absolute Gasteiger partial charge is 0.328 e. The van der Waals surface area contributed by atoms with Gasteiger partial charge in [-0.3, -0.25) is 24.8 Å². The molecule has 12 nitrogen and oxygen atoms in total. The summed E-state index contributed by atoms with van der Waals surface area (Å²) in [6.45, 7) is 14.3. The standard InChI is InChI=1S/C50H56FN9O3/c1-31-23-36(9-10-37(31)27-53-48(62)38-24-44(52-28-38)50(2,3)4)46-40-26-42(56-47(40)55-30-54-46)35-7-5-33(6-8-35)34-15-18-58(19-16-34)29-32-13-20-59(21-14-32)43-12-11-39(25-41(43)51)60-22-17-45(61)57-49(60)63/h5-12,23-26,30,32,34H,13-22,27-29H2,1-4H3,(H,53,62)(H,54,55,56)(H,57,61,63). The first-order valence-corrected chi connectivity index (χ1v) is 22.3. The van der Waals surface area contributed by atoms with E-state index in [2.05, 4.69) is 112 Å². The van der Waals surface area contributed by atoms with Crippen molar-refractivity contribution in [1.82, 2.24) is 30.5 Å². The highest BCUT2D eigenvalue weighted by Crippen LogP contribution is 2.35. The maximum absolute atomic E-state index is 15.3. The summed E-state index contributed by atoms with van der Waals surface area (Å²) in [5.41, 5.74) is 10.9. The number of piperidine rings is 2. The van der Waals surface area contributed by atoms with Crippen molar-refractivity contribution < 1.29 is 18.8 Å². The molecule has 5 aromatic rings. The lowest BCUT2D eigenvalue weighted by Crippen LogP contribution is -2.49. The number of aromatic amines is 1. The van der Waals surface area contributed by atoms with Gasteiger partial charge in [0.15, 0.2) is 0 Å². The number of nitrogens with zero attached hydrogens (tertiary/aromatic N) is 6. The van der Waals surface area contributed by atoms with Crippen LogP contribution < -0.4 is 20.4 Å². The Labute approximate surface area is 368 Å². The van der Waals surface area contributed by atoms with Gasteiger partial charge in [0.2, 0.25) is 11.8 Å². The highest BCUT2D eigenvalue weighted by Gasteiger charge is 2.29. The fraction of sp³-hybridized carbons (Fsp3) is 0.400. The van der Waals surface area contributed by atoms with E-state index in [1.807, 2.05) is 6.08 Å². The van der Waals surface area contributed by atoms with Crippen molar-refractivity contribution in [3.8, 4) is 22.5 Å². The summed E-state index contributed by atoms with van der Waals surface area (Å²) in [6.07, 6.45) is 8.02. The largest absolute Gasteiger partial charge is 0.369 e. The molecule has 9 rings (SSSR count). The van der Waals surface area contributed by atoms with E-state index in [1.54, 1.807) is 18.5 Å². The van der Waals surface area contributed by atoms with Crippen LogP contribution in [0.25, 0.3) is 33.5 Å². The van der Waals surface area contributed by atoms with E-state index in [-0.39, 0.29) is 36.0 Å². The Morgan fingerprint density at radius 2 is 1.65 bits per heavy atom. The van der Waals surface area contributed by atoms with Crippen molar-refractivity contribution in [2.75, 3.05) is 55.6 Å². The number of aryl methyl sites for hydroxylation is 1. The van der Waals surface area contributed by atoms with Crippen LogP contribution in [0.15, 0.2) is 89.7 Å². The second-order valence-corrected chi connectivity index (χ2v) is 18.6. The first kappa shape index (κ1) is 42.1. The van der Waals surface area contributed by atoms with Crippen LogP contribution in [0.5, 0.6) is 0 Å². The Bertz CT molecular complexity index is 2610. The Balaban J connectivity index is 0.761. The Hall–Kier alpha value is -6.21. The van der Waals surface area contributed by atoms with Crippen LogP contribution in [0.4, 0.5) is 20.6 Å². The van der Waals surface area contributed by atoms with Crippen LogP contribution >= 0.6 is 0 Å². The molecule has 13 heteroatoms. The second kappa shape index (κ2) is 17.5. The zero-order valence-electron chi connectivity index (χ0n) is 36.6. The van der Waals surface area contributed by atoms with Gasteiger partial charge >= 0.3 is 6.03 Å². The van der Waals surface area contributed by atoms with Crippen molar-refractivity contribution >= 4 is 46.0 Å². The summed E-state index contributed by atoms with van der Waals surface area (Å²) in [7, 11) is 0. The van der Waals surface area contributed by atoms with Gasteiger partial charge in [-0.05, 0) is 116 Å². The Morgan fingerprint density at radius 3 is 2.35 bits per heavy atom. The molecule has 3 N–H and O–H groups in total. The highest BCUT2D eigenvalue weighted by molar-refractivity contribution is 6.09. The molecule has 4 aliphatic rings. The number of aromatic nitrogens is 3. The summed E-state index contributed by atoms with van der Waals surface area (Å²) in [6, 6.07) is 21.8. The quantitative estimate of drug-likeness (QED) is 0.129. The number of likely N-dealkylation sites (tertiary alicyclic amines) is 1. The number of fused-ring (bicyclic) bond motifs is 1. The van der Waals surface area contributed by atoms with E-state index in [0.29, 0.717) is 41.9 Å². The number of imide groups is 1. The Kier molecular flexibility index (Phi) is 11.7. The predicted molar refractivity (Wildman–Crippen MR) is 246 cm³/mol. The molecule has 4 amide bonds. The molecule has 3 aromatic carbocycles. The minimum atomic E-state index is -0.506. The molecule has 3 saturated heterocycles. The molecular formula is C50H56FN9O3. The molecule has 3 fully saturated rings. The van der Waals surface area contributed by atoms with Gasteiger partial charge in [-0.25, -0.2) is 19.2 Å². The number of amides is 4. The van der Waals surface area contributed by atoms with Gasteiger partial charge in [-0.2, -0.15) is 0 Å². The summed E-state index contributed by atoms with van der Waals surface area (Å²) in [5, 5.41) is 6.35. The van der Waals surface area contributed by atoms with Crippen molar-refractivity contribution in [2.24, 2.45) is 16.3 Å². The minimum absolute atomic E-state index is 0.0759. The van der Waals surface area contributed by atoms with Crippen LogP contribution in [-0.4, -0.2) is 89.2 Å². The first-order chi connectivity index (χ1) is 30.4. The van der Waals surface area contributed by atoms with Gasteiger partial charge in [0.05, 0.1) is 17.9 Å². The van der Waals surface area contributed by atoms with E-state index < -0.39 is 6.03 Å². The molecule has 63 heavy (non-hydrogen) atoms. The third-order valence-corrected chi connectivity index (χ3v) is 13.3. The Morgan fingerprint density at radius 1 is 0.889 bits per heavy atom. The van der Waals surface area contributed by atoms with Crippen molar-refractivity contribution in [3.05, 3.63) is 107 Å². The third kappa shape index (κ3) is 9.15. The average molecular weight is 850 g/mol. The molecule has 0 radical (unpaired) electrons. The fourth-order valence-electron chi connectivity index (χ4n) is 9.51. The van der Waals surface area contributed by atoms with E-state index >= 15 is 4.39 Å². The monoisotopic (exact) mass is 849 g/mol. The molecule has 0 aliphatic carbocycles. The molecule has 0 unspecified atom stereocenters. The number of hydrogen-bond acceptors (Lipinski definition) is 8. The van der Waals surface area contributed by atoms with Gasteiger partial charge in [0.1, 0.15) is 17.8 Å². The normalized spacial score (nSPS) is 18.2. The average Bonchev–Trinajstić information content (AvgIpc) is 3.96. The van der Waals surface area contributed by atoms with Crippen molar-refractivity contribution in [2.45, 2.75) is 72.3 Å². The van der Waals surface area contributed by atoms with E-state index in [0.717, 1.165) is 109 Å². The van der Waals surface area contributed by atoms with Gasteiger partial charge in [0.25, 0.3) is 0 Å². The number of rotatable bonds is 10. The number of benzene rings is 3. The SMILES string of the molecule is Cc1cc(-c2ncnc3[nH]c(-c4ccc(C5CCN(CC6CCN(c7ccc(N8CCC(=O)NC8=O)cc7F)CC6)CC5)cc4)cc23)ccc1CNC(=O)C1=CC(C(C)(C)C)=NC1. The molecule has 326 valence electrons. The van der Waals surface area contributed by atoms with Crippen LogP contribution in [0.2, 0.25) is 0 Å². The van der Waals surface area contributed by atoms with E-state index in [4.69, 9.17) is 4.98 Å². The van der Waals surface area contributed by atoms with Gasteiger partial charge < -0.3 is 20.1 Å². The molecule has 4 aliphatic heterocycles. The zero-order valence-corrected chi connectivity index (χ0v) is 36.6. The van der Waals surface area contributed by atoms with Gasteiger partial charge in [0, 0.05) is 78.2 Å². The van der Waals surface area contributed by atoms with Crippen LogP contribution in [0.1, 0.15) is 75.5 Å². The predicted octanol–water partition coefficient (Wildman–Crippen LogP) is 8.33. The summed E-state index contributed by atoms with van der Waals surface area (Å²) in [4.78, 5) is 60.2. The summed E-state index contributed by atoms with van der Waals surface area (Å²) < 4.78 is 15.3. The highest BCUT2D eigenvalue weighted by atomic mass is 19.1. The van der Waals surface area contributed by atoms with Gasteiger partial charge in [-0.1, -0.05) is 57.2 Å². The number of H-pyrrole nitrogens is 1. The number of anilines is 2. The molecule has 0 atom stereocenters. The van der Waals surface area contributed by atoms with Crippen molar-refractivity contribution in [3.63, 3.8) is 0 Å². The number of carbonyl (C=O) groups is 3. The maximum Gasteiger partial charge on any atom is 0.328 e. The molecule has 0 spiro atoms. The lowest BCUT2D eigenvalue weighted by Gasteiger charge is -2.38. The van der Waals surface area contributed by atoms with E-state index in [1.165, 1.54) is 16.5 Å². The number of carbonyl (C=O) groups excluding carboxylic acids is 3.